The summed E-state index contributed by atoms with van der Waals surface area (Å²) in [7, 11) is -4.57. The van der Waals surface area contributed by atoms with Gasteiger partial charge in [-0.1, -0.05) is 52.3 Å². The largest absolute Gasteiger partial charge is 0.477 e. The summed E-state index contributed by atoms with van der Waals surface area (Å²) in [6, 6.07) is -1.52. The van der Waals surface area contributed by atoms with Crippen molar-refractivity contribution in [2.24, 2.45) is 27.7 Å². The molecule has 1 aromatic heterocycles. The first kappa shape index (κ1) is 37.8. The van der Waals surface area contributed by atoms with Crippen molar-refractivity contribution in [2.75, 3.05) is 26.6 Å². The van der Waals surface area contributed by atoms with Crippen LogP contribution in [0.15, 0.2) is 23.1 Å². The number of aliphatic imine (C=N–C) groups is 1. The molecule has 0 aromatic carbocycles. The number of hydrogen-bond donors (Lipinski definition) is 2. The first-order valence-corrected chi connectivity index (χ1v) is 15.0. The van der Waals surface area contributed by atoms with Crippen molar-refractivity contribution in [3.05, 3.63) is 23.5 Å². The van der Waals surface area contributed by atoms with Crippen LogP contribution in [0.2, 0.25) is 0 Å². The SMILES string of the molecule is C#C[C@H](N=O)[C@@](CC)(COP(=O)(OCCC(=O)C(C)C)OCOC(=O)C(C)C)O[C@H](CO)n1cnc(C(=C)N)c1N=CC. The van der Waals surface area contributed by atoms with Crippen molar-refractivity contribution in [3.63, 3.8) is 0 Å². The maximum Gasteiger partial charge on any atom is 0.477 e. The van der Waals surface area contributed by atoms with Gasteiger partial charge in [-0.3, -0.25) is 23.2 Å². The number of nitrogens with zero attached hydrogens (tertiary/aromatic N) is 4. The van der Waals surface area contributed by atoms with Gasteiger partial charge in [-0.25, -0.2) is 19.1 Å². The number of aliphatic hydroxyl groups is 1. The third-order valence-corrected chi connectivity index (χ3v) is 7.48. The van der Waals surface area contributed by atoms with Crippen LogP contribution in [0.25, 0.3) is 5.70 Å². The van der Waals surface area contributed by atoms with E-state index in [1.165, 1.54) is 17.1 Å². The number of nitroso groups, excluding NO2 is 1. The van der Waals surface area contributed by atoms with Crippen molar-refractivity contribution < 1.29 is 42.3 Å². The monoisotopic (exact) mass is 627 g/mol. The van der Waals surface area contributed by atoms with Crippen LogP contribution in [0.4, 0.5) is 5.82 Å². The topological polar surface area (TPSA) is 203 Å². The fraction of sp³-hybridized carbons (Fsp3) is 0.630. The van der Waals surface area contributed by atoms with E-state index in [-0.39, 0.29) is 48.4 Å². The summed E-state index contributed by atoms with van der Waals surface area (Å²) in [5.41, 5.74) is 4.33. The lowest BCUT2D eigenvalue weighted by Crippen LogP contribution is -2.48. The van der Waals surface area contributed by atoms with Gasteiger partial charge in [0.1, 0.15) is 17.1 Å². The van der Waals surface area contributed by atoms with Crippen molar-refractivity contribution in [3.8, 4) is 12.3 Å². The third-order valence-electron chi connectivity index (χ3n) is 6.11. The minimum absolute atomic E-state index is 0.0458. The van der Waals surface area contributed by atoms with Gasteiger partial charge in [0.15, 0.2) is 18.1 Å². The Labute approximate surface area is 251 Å². The summed E-state index contributed by atoms with van der Waals surface area (Å²) in [6.45, 7) is 11.0. The highest BCUT2D eigenvalue weighted by atomic mass is 31.2. The normalized spacial score (nSPS) is 15.9. The lowest BCUT2D eigenvalue weighted by molar-refractivity contribution is -0.167. The molecule has 240 valence electrons. The Kier molecular flexibility index (Phi) is 15.6. The molecule has 0 saturated carbocycles. The van der Waals surface area contributed by atoms with E-state index < -0.39 is 57.6 Å². The van der Waals surface area contributed by atoms with E-state index in [9.17, 15) is 24.2 Å². The second-order valence-corrected chi connectivity index (χ2v) is 11.5. The number of esters is 1. The molecule has 0 aliphatic heterocycles. The number of rotatable bonds is 21. The number of imidazole rings is 1. The minimum atomic E-state index is -4.57. The van der Waals surface area contributed by atoms with Gasteiger partial charge in [-0.05, 0) is 13.3 Å². The standard InChI is InChI=1S/C27H42N5O10P/c1-9-22(31-36)27(10-2,42-23(14-33)32-16-30-24(20(8)28)25(32)29-11-3)15-40-43(37,39-13-12-21(34)18(4)5)41-17-38-26(35)19(6)7/h1,11,16,18-19,22-23,33H,8,10,12-15,17,28H2,2-7H3/t22-,23+,27+,43?/m0/s1. The number of ether oxygens (including phenoxy) is 2. The van der Waals surface area contributed by atoms with Gasteiger partial charge in [0.05, 0.1) is 37.8 Å². The van der Waals surface area contributed by atoms with Gasteiger partial charge < -0.3 is 20.3 Å². The number of carbonyl (C=O) groups excluding carboxylic acids is 2. The summed E-state index contributed by atoms with van der Waals surface area (Å²) in [6.07, 6.45) is 6.94. The summed E-state index contributed by atoms with van der Waals surface area (Å²) in [5, 5.41) is 13.3. The number of nitrogens with two attached hydrogens (primary N) is 1. The molecule has 4 atom stereocenters. The van der Waals surface area contributed by atoms with E-state index in [1.807, 2.05) is 0 Å². The first-order chi connectivity index (χ1) is 20.2. The third kappa shape index (κ3) is 10.8. The van der Waals surface area contributed by atoms with Gasteiger partial charge in [0.25, 0.3) is 0 Å². The fourth-order valence-electron chi connectivity index (χ4n) is 3.49. The molecule has 43 heavy (non-hydrogen) atoms. The molecule has 0 radical (unpaired) electrons. The molecule has 1 unspecified atom stereocenters. The van der Waals surface area contributed by atoms with Crippen molar-refractivity contribution in [1.29, 1.82) is 0 Å². The Morgan fingerprint density at radius 1 is 1.28 bits per heavy atom. The number of phosphoric ester groups is 1. The molecule has 0 aliphatic rings. The van der Waals surface area contributed by atoms with Crippen LogP contribution in [-0.2, 0) is 37.2 Å². The minimum Gasteiger partial charge on any atom is -0.438 e. The number of ketones is 1. The second-order valence-electron chi connectivity index (χ2n) is 9.87. The van der Waals surface area contributed by atoms with Crippen LogP contribution in [0, 0.1) is 29.1 Å². The number of aliphatic hydroxyl groups excluding tert-OH is 1. The van der Waals surface area contributed by atoms with Crippen LogP contribution in [-0.4, -0.2) is 70.9 Å². The number of carbonyl (C=O) groups is 2. The van der Waals surface area contributed by atoms with E-state index in [4.69, 9.17) is 35.2 Å². The Hall–Kier alpha value is -3.25. The smallest absolute Gasteiger partial charge is 0.438 e. The molecule has 3 N–H and O–H groups in total. The molecule has 0 fully saturated rings. The Balaban J connectivity index is 3.43. The fourth-order valence-corrected chi connectivity index (χ4v) is 4.59. The number of aromatic nitrogens is 2. The van der Waals surface area contributed by atoms with Crippen molar-refractivity contribution >= 4 is 37.3 Å². The van der Waals surface area contributed by atoms with Gasteiger partial charge >= 0.3 is 13.8 Å². The molecule has 16 heteroatoms. The molecule has 1 aromatic rings. The quantitative estimate of drug-likeness (QED) is 0.0498. The Bertz CT molecular complexity index is 1200. The van der Waals surface area contributed by atoms with E-state index in [2.05, 4.69) is 27.7 Å². The molecule has 0 saturated heterocycles. The van der Waals surface area contributed by atoms with Crippen LogP contribution in [0.1, 0.15) is 66.3 Å². The summed E-state index contributed by atoms with van der Waals surface area (Å²) in [4.78, 5) is 44.2. The molecule has 1 heterocycles. The number of phosphoric acid groups is 1. The maximum absolute atomic E-state index is 13.6. The molecule has 15 nitrogen and oxygen atoms in total. The highest BCUT2D eigenvalue weighted by Gasteiger charge is 2.45. The van der Waals surface area contributed by atoms with E-state index >= 15 is 0 Å². The molecule has 0 spiro atoms. The summed E-state index contributed by atoms with van der Waals surface area (Å²) in [5.74, 6) is 0.811. The predicted octanol–water partition coefficient (Wildman–Crippen LogP) is 3.89. The van der Waals surface area contributed by atoms with Crippen LogP contribution >= 0.6 is 7.82 Å². The molecule has 0 aliphatic carbocycles. The summed E-state index contributed by atoms with van der Waals surface area (Å²) >= 11 is 0. The zero-order valence-corrected chi connectivity index (χ0v) is 26.3. The second kappa shape index (κ2) is 17.8. The van der Waals surface area contributed by atoms with Gasteiger partial charge in [0.2, 0.25) is 6.79 Å². The van der Waals surface area contributed by atoms with Crippen LogP contribution in [0.5, 0.6) is 0 Å². The number of hydrogen-bond acceptors (Lipinski definition) is 14. The Morgan fingerprint density at radius 2 is 1.95 bits per heavy atom. The zero-order valence-electron chi connectivity index (χ0n) is 25.4. The lowest BCUT2D eigenvalue weighted by Gasteiger charge is -2.37. The average Bonchev–Trinajstić information content (AvgIpc) is 3.38. The van der Waals surface area contributed by atoms with E-state index in [0.717, 1.165) is 0 Å². The average molecular weight is 628 g/mol. The highest BCUT2D eigenvalue weighted by molar-refractivity contribution is 7.48. The zero-order chi connectivity index (χ0) is 32.8. The molecule has 1 rings (SSSR count). The van der Waals surface area contributed by atoms with Crippen molar-refractivity contribution in [1.82, 2.24) is 9.55 Å². The molecule has 0 bridgehead atoms. The van der Waals surface area contributed by atoms with Crippen LogP contribution in [0.3, 0.4) is 0 Å². The first-order valence-electron chi connectivity index (χ1n) is 13.5. The molecule has 0 amide bonds. The highest BCUT2D eigenvalue weighted by Crippen LogP contribution is 2.51. The van der Waals surface area contributed by atoms with Gasteiger partial charge in [-0.2, -0.15) is 0 Å². The van der Waals surface area contributed by atoms with Gasteiger partial charge in [0, 0.05) is 18.6 Å². The molecular weight excluding hydrogens is 585 g/mol. The van der Waals surface area contributed by atoms with Gasteiger partial charge in [-0.15, -0.1) is 11.3 Å². The van der Waals surface area contributed by atoms with Crippen LogP contribution < -0.4 is 5.73 Å². The van der Waals surface area contributed by atoms with E-state index in [0.29, 0.717) is 0 Å². The maximum atomic E-state index is 13.6. The lowest BCUT2D eigenvalue weighted by atomic mass is 9.92. The van der Waals surface area contributed by atoms with E-state index in [1.54, 1.807) is 41.5 Å². The Morgan fingerprint density at radius 3 is 2.44 bits per heavy atom. The van der Waals surface area contributed by atoms with Crippen molar-refractivity contribution in [2.45, 2.75) is 72.3 Å². The number of terminal acetylenes is 1. The summed E-state index contributed by atoms with van der Waals surface area (Å²) < 4.78 is 42.2. The predicted molar refractivity (Wildman–Crippen MR) is 159 cm³/mol. The number of Topliss-reactive ketones (excluding diaryl/α,β-unsaturated/α-hetero) is 1. The molecular formula is C27H42N5O10P.